The number of aromatic nitrogens is 2. The van der Waals surface area contributed by atoms with Gasteiger partial charge in [0.2, 0.25) is 0 Å². The van der Waals surface area contributed by atoms with E-state index in [1.807, 2.05) is 0 Å². The van der Waals surface area contributed by atoms with Crippen LogP contribution in [0.1, 0.15) is 0 Å². The van der Waals surface area contributed by atoms with Gasteiger partial charge >= 0.3 is 0 Å². The van der Waals surface area contributed by atoms with Gasteiger partial charge in [0, 0.05) is 12.4 Å². The largest absolute Gasteiger partial charge is 0.260 e. The van der Waals surface area contributed by atoms with Crippen LogP contribution < -0.4 is 0 Å². The molecule has 0 radical (unpaired) electrons. The first kappa shape index (κ1) is 4.96. The van der Waals surface area contributed by atoms with E-state index in [1.165, 1.54) is 0 Å². The Bertz CT molecular complexity index is 140. The summed E-state index contributed by atoms with van der Waals surface area (Å²) in [5.74, 6) is 0. The maximum Gasteiger partial charge on any atom is 0.119 e. The second-order valence-corrected chi connectivity index (χ2v) is 2.13. The lowest BCUT2D eigenvalue weighted by Gasteiger charge is -1.79. The molecule has 1 aromatic rings. The van der Waals surface area contributed by atoms with Gasteiger partial charge in [-0.3, -0.25) is 4.98 Å². The Morgan fingerprint density at radius 3 is 2.57 bits per heavy atom. The minimum Gasteiger partial charge on any atom is -0.260 e. The highest BCUT2D eigenvalue weighted by Gasteiger charge is 1.77. The Hall–Kier alpha value is -0.190. The van der Waals surface area contributed by atoms with Crippen LogP contribution in [-0.2, 0) is 0 Å². The van der Waals surface area contributed by atoms with Gasteiger partial charge in [0.15, 0.2) is 0 Å². The SMILES string of the molecule is I[13c]1[13cH][15n]cc[15n]1. The standard InChI is InChI=1S/C4H3IN2/c5-4-3-6-1-2-7-4/h1-3H/i3+1,4+1,6+1,7+1. The zero-order valence-corrected chi connectivity index (χ0v) is 5.66. The van der Waals surface area contributed by atoms with Gasteiger partial charge in [0.1, 0.15) is 3.70 Å². The molecule has 0 saturated carbocycles. The fraction of sp³-hybridized carbons (Fsp3) is 0. The molecular weight excluding hydrogens is 207 g/mol. The summed E-state index contributed by atoms with van der Waals surface area (Å²) in [5, 5.41) is 0. The summed E-state index contributed by atoms with van der Waals surface area (Å²) in [6, 6.07) is 0. The molecule has 0 fully saturated rings. The molecule has 0 N–H and O–H groups in total. The first-order chi connectivity index (χ1) is 3.39. The van der Waals surface area contributed by atoms with Crippen LogP contribution in [0.4, 0.5) is 0 Å². The Morgan fingerprint density at radius 2 is 2.29 bits per heavy atom. The lowest BCUT2D eigenvalue weighted by atomic mass is 11.0. The number of hydrogen-bond acceptors (Lipinski definition) is 2. The lowest BCUT2D eigenvalue weighted by molar-refractivity contribution is 1.16. The van der Waals surface area contributed by atoms with E-state index in [-0.39, 0.29) is 0 Å². The molecule has 0 unspecified atom stereocenters. The first-order valence-corrected chi connectivity index (χ1v) is 2.89. The zero-order valence-electron chi connectivity index (χ0n) is 3.50. The molecule has 0 aliphatic heterocycles. The van der Waals surface area contributed by atoms with Gasteiger partial charge in [0.05, 0.1) is 6.20 Å². The molecule has 2 nitrogen and oxygen atoms in total. The Labute approximate surface area is 55.1 Å². The maximum atomic E-state index is 3.90. The van der Waals surface area contributed by atoms with Crippen molar-refractivity contribution in [3.8, 4) is 0 Å². The fourth-order valence-corrected chi connectivity index (χ4v) is 0.603. The van der Waals surface area contributed by atoms with E-state index in [9.17, 15) is 0 Å². The molecule has 0 aliphatic carbocycles. The molecule has 1 rings (SSSR count). The Kier molecular flexibility index (Phi) is 1.56. The molecule has 0 bridgehead atoms. The van der Waals surface area contributed by atoms with Gasteiger partial charge in [-0.15, -0.1) is 0 Å². The van der Waals surface area contributed by atoms with E-state index in [0.717, 1.165) is 3.70 Å². The van der Waals surface area contributed by atoms with Crippen molar-refractivity contribution in [2.75, 3.05) is 0 Å². The van der Waals surface area contributed by atoms with Crippen molar-refractivity contribution in [1.82, 2.24) is 9.97 Å². The molecule has 0 atom stereocenters. The summed E-state index contributed by atoms with van der Waals surface area (Å²) < 4.78 is 0.931. The number of halogens is 1. The van der Waals surface area contributed by atoms with Crippen LogP contribution in [-0.4, -0.2) is 9.97 Å². The van der Waals surface area contributed by atoms with E-state index in [1.54, 1.807) is 18.6 Å². The third-order valence-electron chi connectivity index (χ3n) is 0.532. The molecule has 0 saturated heterocycles. The van der Waals surface area contributed by atoms with E-state index < -0.39 is 0 Å². The number of hydrogen-bond donors (Lipinski definition) is 0. The zero-order chi connectivity index (χ0) is 5.11. The highest BCUT2D eigenvalue weighted by molar-refractivity contribution is 14.1. The van der Waals surface area contributed by atoms with Crippen molar-refractivity contribution in [1.29, 1.82) is 0 Å². The van der Waals surface area contributed by atoms with Crippen LogP contribution in [0.3, 0.4) is 0 Å². The highest BCUT2D eigenvalue weighted by atomic mass is 127. The van der Waals surface area contributed by atoms with E-state index >= 15 is 0 Å². The monoisotopic (exact) mass is 210 g/mol. The highest BCUT2D eigenvalue weighted by Crippen LogP contribution is 1.91. The molecule has 1 aromatic heterocycles. The van der Waals surface area contributed by atoms with Crippen molar-refractivity contribution in [3.63, 3.8) is 0 Å². The second-order valence-electron chi connectivity index (χ2n) is 1.03. The van der Waals surface area contributed by atoms with Crippen molar-refractivity contribution < 1.29 is 0 Å². The van der Waals surface area contributed by atoms with Gasteiger partial charge in [0.25, 0.3) is 0 Å². The summed E-state index contributed by atoms with van der Waals surface area (Å²) in [6.45, 7) is 0. The molecule has 0 aliphatic rings. The summed E-state index contributed by atoms with van der Waals surface area (Å²) in [7, 11) is 0. The number of nitrogens with zero attached hydrogens (tertiary/aromatic N) is 2. The summed E-state index contributed by atoms with van der Waals surface area (Å²) in [5.41, 5.74) is 0. The minimum atomic E-state index is 0.931. The van der Waals surface area contributed by atoms with Gasteiger partial charge in [-0.2, -0.15) is 0 Å². The van der Waals surface area contributed by atoms with Crippen LogP contribution in [0.5, 0.6) is 0 Å². The van der Waals surface area contributed by atoms with Crippen LogP contribution in [0.25, 0.3) is 0 Å². The fourth-order valence-electron chi connectivity index (χ4n) is 0.281. The first-order valence-electron chi connectivity index (χ1n) is 1.81. The van der Waals surface area contributed by atoms with E-state index in [2.05, 4.69) is 32.6 Å². The van der Waals surface area contributed by atoms with E-state index in [0.29, 0.717) is 0 Å². The van der Waals surface area contributed by atoms with Gasteiger partial charge in [-0.25, -0.2) is 4.98 Å². The van der Waals surface area contributed by atoms with Crippen molar-refractivity contribution in [2.24, 2.45) is 0 Å². The summed E-state index contributed by atoms with van der Waals surface area (Å²) in [4.78, 5) is 7.72. The molecule has 3 heteroatoms. The summed E-state index contributed by atoms with van der Waals surface area (Å²) in [6.07, 6.45) is 5.03. The molecule has 7 heavy (non-hydrogen) atoms. The quantitative estimate of drug-likeness (QED) is 0.598. The Balaban J connectivity index is 3.02. The third kappa shape index (κ3) is 1.38. The average Bonchev–Trinajstić information content (AvgIpc) is 1.69. The minimum absolute atomic E-state index is 0.931. The van der Waals surface area contributed by atoms with Crippen molar-refractivity contribution in [2.45, 2.75) is 0 Å². The van der Waals surface area contributed by atoms with Crippen LogP contribution in [0.15, 0.2) is 18.6 Å². The molecule has 0 spiro atoms. The number of rotatable bonds is 0. The van der Waals surface area contributed by atoms with Crippen molar-refractivity contribution in [3.05, 3.63) is 22.3 Å². The maximum absolute atomic E-state index is 3.90. The third-order valence-corrected chi connectivity index (χ3v) is 1.09. The topological polar surface area (TPSA) is 25.8 Å². The van der Waals surface area contributed by atoms with E-state index in [4.69, 9.17) is 0 Å². The molecule has 0 amide bonds. The molecular formula is C4H3IN2. The molecule has 36 valence electrons. The van der Waals surface area contributed by atoms with Gasteiger partial charge in [-0.1, -0.05) is 0 Å². The predicted octanol–water partition coefficient (Wildman–Crippen LogP) is 1.08. The molecule has 1 heterocycles. The predicted molar refractivity (Wildman–Crippen MR) is 34.7 cm³/mol. The van der Waals surface area contributed by atoms with Gasteiger partial charge in [-0.05, 0) is 22.6 Å². The van der Waals surface area contributed by atoms with Crippen molar-refractivity contribution >= 4 is 22.6 Å². The van der Waals surface area contributed by atoms with Crippen LogP contribution in [0.2, 0.25) is 0 Å². The van der Waals surface area contributed by atoms with Crippen LogP contribution in [0, 0.1) is 3.70 Å². The smallest absolute Gasteiger partial charge is 0.119 e. The second kappa shape index (κ2) is 2.20. The normalized spacial score (nSPS) is 8.71. The average molecular weight is 210 g/mol. The van der Waals surface area contributed by atoms with Gasteiger partial charge < -0.3 is 0 Å². The molecule has 0 aromatic carbocycles. The van der Waals surface area contributed by atoms with Crippen LogP contribution >= 0.6 is 22.6 Å². The lowest BCUT2D eigenvalue weighted by Crippen LogP contribution is -1.76. The Morgan fingerprint density at radius 1 is 1.43 bits per heavy atom. The summed E-state index contributed by atoms with van der Waals surface area (Å²) >= 11 is 2.11.